The number of carbonyl (C=O) groups is 1. The van der Waals surface area contributed by atoms with Crippen LogP contribution in [0.5, 0.6) is 5.75 Å². The molecule has 0 atom stereocenters. The van der Waals surface area contributed by atoms with Crippen LogP contribution in [0.1, 0.15) is 18.2 Å². The van der Waals surface area contributed by atoms with Crippen LogP contribution in [0.4, 0.5) is 0 Å². The number of carbonyl (C=O) groups excluding carboxylic acids is 1. The molecule has 0 aliphatic rings. The molecular weight excluding hydrogens is 378 g/mol. The van der Waals surface area contributed by atoms with Gasteiger partial charge in [-0.25, -0.2) is 4.99 Å². The quantitative estimate of drug-likeness (QED) is 0.522. The molecule has 0 spiro atoms. The van der Waals surface area contributed by atoms with E-state index in [4.69, 9.17) is 16.3 Å². The first kappa shape index (κ1) is 21.6. The van der Waals surface area contributed by atoms with Gasteiger partial charge in [-0.2, -0.15) is 0 Å². The van der Waals surface area contributed by atoms with E-state index >= 15 is 0 Å². The van der Waals surface area contributed by atoms with Gasteiger partial charge in [-0.15, -0.1) is 0 Å². The number of hydrogen-bond donors (Lipinski definition) is 2. The van der Waals surface area contributed by atoms with Crippen LogP contribution >= 0.6 is 11.6 Å². The summed E-state index contributed by atoms with van der Waals surface area (Å²) in [4.78, 5) is 18.6. The standard InChI is InChI=1S/C20H28ClN5O2/c1-5-22-20(26(3)14-17-10-16(21)13-25(17)2)24-12-19(27)23-11-15-6-8-18(28-4)9-7-15/h6-10,13H,5,11-12,14H2,1-4H3,(H,22,24)(H,23,27). The van der Waals surface area contributed by atoms with Crippen molar-refractivity contribution in [2.75, 3.05) is 27.2 Å². The fourth-order valence-electron chi connectivity index (χ4n) is 2.66. The van der Waals surface area contributed by atoms with Crippen molar-refractivity contribution in [1.82, 2.24) is 20.1 Å². The third-order valence-electron chi connectivity index (χ3n) is 4.19. The van der Waals surface area contributed by atoms with Crippen LogP contribution in [0, 0.1) is 0 Å². The van der Waals surface area contributed by atoms with Crippen LogP contribution in [-0.2, 0) is 24.9 Å². The summed E-state index contributed by atoms with van der Waals surface area (Å²) in [6, 6.07) is 9.50. The molecule has 0 saturated carbocycles. The van der Waals surface area contributed by atoms with E-state index < -0.39 is 0 Å². The first-order valence-electron chi connectivity index (χ1n) is 9.12. The fourth-order valence-corrected chi connectivity index (χ4v) is 2.93. The molecule has 2 rings (SSSR count). The summed E-state index contributed by atoms with van der Waals surface area (Å²) < 4.78 is 7.11. The average Bonchev–Trinajstić information content (AvgIpc) is 3.00. The Morgan fingerprint density at radius 1 is 1.29 bits per heavy atom. The van der Waals surface area contributed by atoms with Crippen molar-refractivity contribution in [1.29, 1.82) is 0 Å². The molecule has 7 nitrogen and oxygen atoms in total. The number of benzene rings is 1. The number of halogens is 1. The van der Waals surface area contributed by atoms with Crippen LogP contribution in [-0.4, -0.2) is 48.6 Å². The van der Waals surface area contributed by atoms with E-state index in [-0.39, 0.29) is 12.5 Å². The number of nitrogens with zero attached hydrogens (tertiary/aromatic N) is 3. The Kier molecular flexibility index (Phi) is 8.19. The molecule has 28 heavy (non-hydrogen) atoms. The molecule has 1 heterocycles. The maximum absolute atomic E-state index is 12.2. The van der Waals surface area contributed by atoms with Gasteiger partial charge in [0.1, 0.15) is 12.3 Å². The van der Waals surface area contributed by atoms with Gasteiger partial charge in [0.2, 0.25) is 5.91 Å². The van der Waals surface area contributed by atoms with Crippen LogP contribution < -0.4 is 15.4 Å². The Morgan fingerprint density at radius 2 is 2.00 bits per heavy atom. The minimum absolute atomic E-state index is 0.0523. The molecule has 8 heteroatoms. The van der Waals surface area contributed by atoms with Crippen molar-refractivity contribution in [2.24, 2.45) is 12.0 Å². The number of guanidine groups is 1. The number of amides is 1. The summed E-state index contributed by atoms with van der Waals surface area (Å²) in [7, 11) is 5.50. The highest BCUT2D eigenvalue weighted by Gasteiger charge is 2.10. The van der Waals surface area contributed by atoms with Crippen LogP contribution in [0.2, 0.25) is 5.02 Å². The molecular formula is C20H28ClN5O2. The number of nitrogens with one attached hydrogen (secondary N) is 2. The van der Waals surface area contributed by atoms with E-state index in [9.17, 15) is 4.79 Å². The molecule has 0 aliphatic carbocycles. The second kappa shape index (κ2) is 10.6. The Morgan fingerprint density at radius 3 is 2.57 bits per heavy atom. The van der Waals surface area contributed by atoms with Gasteiger partial charge in [-0.3, -0.25) is 4.79 Å². The van der Waals surface area contributed by atoms with Gasteiger partial charge in [-0.05, 0) is 30.7 Å². The van der Waals surface area contributed by atoms with Gasteiger partial charge in [0, 0.05) is 39.1 Å². The van der Waals surface area contributed by atoms with E-state index in [1.165, 1.54) is 0 Å². The molecule has 1 aromatic heterocycles. The molecule has 0 fully saturated rings. The van der Waals surface area contributed by atoms with Crippen molar-refractivity contribution in [3.8, 4) is 5.75 Å². The molecule has 2 N–H and O–H groups in total. The normalized spacial score (nSPS) is 11.2. The molecule has 1 amide bonds. The number of rotatable bonds is 8. The lowest BCUT2D eigenvalue weighted by molar-refractivity contribution is -0.119. The predicted octanol–water partition coefficient (Wildman–Crippen LogP) is 2.40. The summed E-state index contributed by atoms with van der Waals surface area (Å²) in [6.07, 6.45) is 1.86. The minimum atomic E-state index is -0.137. The summed E-state index contributed by atoms with van der Waals surface area (Å²) in [5, 5.41) is 6.79. The summed E-state index contributed by atoms with van der Waals surface area (Å²) >= 11 is 6.05. The van der Waals surface area contributed by atoms with E-state index in [1.807, 2.05) is 67.0 Å². The number of aliphatic imine (C=N–C) groups is 1. The third-order valence-corrected chi connectivity index (χ3v) is 4.40. The Bertz CT molecular complexity index is 801. The molecule has 2 aromatic rings. The van der Waals surface area contributed by atoms with Gasteiger partial charge in [0.25, 0.3) is 0 Å². The number of aromatic nitrogens is 1. The summed E-state index contributed by atoms with van der Waals surface area (Å²) in [5.41, 5.74) is 2.06. The smallest absolute Gasteiger partial charge is 0.242 e. The minimum Gasteiger partial charge on any atom is -0.497 e. The molecule has 0 unspecified atom stereocenters. The summed E-state index contributed by atoms with van der Waals surface area (Å²) in [6.45, 7) is 3.84. The Labute approximate surface area is 171 Å². The summed E-state index contributed by atoms with van der Waals surface area (Å²) in [5.74, 6) is 1.32. The van der Waals surface area contributed by atoms with E-state index in [0.717, 1.165) is 17.0 Å². The topological polar surface area (TPSA) is 70.9 Å². The van der Waals surface area contributed by atoms with Crippen LogP contribution in [0.25, 0.3) is 0 Å². The monoisotopic (exact) mass is 405 g/mol. The first-order valence-corrected chi connectivity index (χ1v) is 9.50. The van der Waals surface area contributed by atoms with Gasteiger partial charge in [-0.1, -0.05) is 23.7 Å². The number of methoxy groups -OCH3 is 1. The SMILES string of the molecule is CCNC(=NCC(=O)NCc1ccc(OC)cc1)N(C)Cc1cc(Cl)cn1C. The first-order chi connectivity index (χ1) is 13.4. The lowest BCUT2D eigenvalue weighted by Crippen LogP contribution is -2.39. The Balaban J connectivity index is 1.90. The third kappa shape index (κ3) is 6.49. The second-order valence-corrected chi connectivity index (χ2v) is 6.85. The van der Waals surface area contributed by atoms with Crippen molar-refractivity contribution in [2.45, 2.75) is 20.0 Å². The molecule has 0 aliphatic heterocycles. The predicted molar refractivity (Wildman–Crippen MR) is 113 cm³/mol. The molecule has 0 saturated heterocycles. The van der Waals surface area contributed by atoms with Gasteiger partial charge in [0.05, 0.1) is 18.7 Å². The van der Waals surface area contributed by atoms with Gasteiger partial charge in [0.15, 0.2) is 5.96 Å². The zero-order chi connectivity index (χ0) is 20.5. The number of aryl methyl sites for hydroxylation is 1. The van der Waals surface area contributed by atoms with Crippen molar-refractivity contribution in [3.63, 3.8) is 0 Å². The maximum Gasteiger partial charge on any atom is 0.242 e. The maximum atomic E-state index is 12.2. The van der Waals surface area contributed by atoms with Crippen LogP contribution in [0.3, 0.4) is 0 Å². The van der Waals surface area contributed by atoms with Crippen molar-refractivity contribution in [3.05, 3.63) is 52.8 Å². The Hall–Kier alpha value is -2.67. The van der Waals surface area contributed by atoms with Gasteiger partial charge >= 0.3 is 0 Å². The van der Waals surface area contributed by atoms with E-state index in [2.05, 4.69) is 15.6 Å². The second-order valence-electron chi connectivity index (χ2n) is 6.41. The zero-order valence-electron chi connectivity index (χ0n) is 16.8. The highest BCUT2D eigenvalue weighted by molar-refractivity contribution is 6.30. The highest BCUT2D eigenvalue weighted by Crippen LogP contribution is 2.14. The lowest BCUT2D eigenvalue weighted by atomic mass is 10.2. The average molecular weight is 406 g/mol. The molecule has 152 valence electrons. The largest absolute Gasteiger partial charge is 0.497 e. The fraction of sp³-hybridized carbons (Fsp3) is 0.400. The zero-order valence-corrected chi connectivity index (χ0v) is 17.6. The molecule has 1 aromatic carbocycles. The van der Waals surface area contributed by atoms with Gasteiger partial charge < -0.3 is 24.8 Å². The van der Waals surface area contributed by atoms with E-state index in [0.29, 0.717) is 30.6 Å². The lowest BCUT2D eigenvalue weighted by Gasteiger charge is -2.22. The molecule has 0 radical (unpaired) electrons. The van der Waals surface area contributed by atoms with Crippen LogP contribution in [0.15, 0.2) is 41.5 Å². The number of ether oxygens (including phenoxy) is 1. The molecule has 0 bridgehead atoms. The number of hydrogen-bond acceptors (Lipinski definition) is 3. The van der Waals surface area contributed by atoms with E-state index in [1.54, 1.807) is 7.11 Å². The van der Waals surface area contributed by atoms with Crippen molar-refractivity contribution < 1.29 is 9.53 Å². The van der Waals surface area contributed by atoms with Crippen molar-refractivity contribution >= 4 is 23.5 Å². The highest BCUT2D eigenvalue weighted by atomic mass is 35.5.